The molecule has 2 aliphatic rings. The van der Waals surface area contributed by atoms with Crippen LogP contribution in [0, 0.1) is 0 Å². The Morgan fingerprint density at radius 1 is 1.23 bits per heavy atom. The molecule has 10 heteroatoms. The third kappa shape index (κ3) is 4.70. The van der Waals surface area contributed by atoms with Crippen LogP contribution in [0.25, 0.3) is 0 Å². The first-order valence-electron chi connectivity index (χ1n) is 9.74. The molecule has 2 amide bonds. The highest BCUT2D eigenvalue weighted by Crippen LogP contribution is 2.34. The Balaban J connectivity index is 1.54. The van der Waals surface area contributed by atoms with Crippen molar-refractivity contribution in [3.05, 3.63) is 52.2 Å². The fourth-order valence-electron chi connectivity index (χ4n) is 3.28. The molecule has 0 radical (unpaired) electrons. The largest absolute Gasteiger partial charge is 0.465 e. The Labute approximate surface area is 187 Å². The summed E-state index contributed by atoms with van der Waals surface area (Å²) in [7, 11) is 0. The van der Waals surface area contributed by atoms with E-state index in [4.69, 9.17) is 4.74 Å². The van der Waals surface area contributed by atoms with Gasteiger partial charge in [0.1, 0.15) is 11.9 Å². The summed E-state index contributed by atoms with van der Waals surface area (Å²) in [6.45, 7) is 2.44. The van der Waals surface area contributed by atoms with Gasteiger partial charge in [-0.15, -0.1) is 11.3 Å². The van der Waals surface area contributed by atoms with Crippen LogP contribution in [0.15, 0.2) is 51.8 Å². The van der Waals surface area contributed by atoms with Crippen LogP contribution in [0.5, 0.6) is 0 Å². The Bertz CT molecular complexity index is 1070. The van der Waals surface area contributed by atoms with Gasteiger partial charge in [-0.3, -0.25) is 19.3 Å². The number of amides is 2. The summed E-state index contributed by atoms with van der Waals surface area (Å²) >= 11 is 2.72. The van der Waals surface area contributed by atoms with Crippen molar-refractivity contribution >= 4 is 57.6 Å². The number of carbonyl (C=O) groups excluding carboxylic acids is 3. The number of hydrogen-bond donors (Lipinski definition) is 1. The first kappa shape index (κ1) is 21.3. The van der Waals surface area contributed by atoms with E-state index in [9.17, 15) is 14.4 Å². The number of thiophene rings is 1. The number of fused-ring (bicyclic) bond motifs is 3. The number of amidine groups is 2. The monoisotopic (exact) mass is 456 g/mol. The van der Waals surface area contributed by atoms with Crippen molar-refractivity contribution in [2.45, 2.75) is 25.9 Å². The highest BCUT2D eigenvalue weighted by molar-refractivity contribution is 8.14. The second-order valence-corrected chi connectivity index (χ2v) is 8.70. The Hall–Kier alpha value is -2.98. The molecule has 0 saturated heterocycles. The zero-order valence-corrected chi connectivity index (χ0v) is 18.4. The van der Waals surface area contributed by atoms with Gasteiger partial charge in [0.15, 0.2) is 5.17 Å². The maximum absolute atomic E-state index is 12.7. The molecule has 0 saturated carbocycles. The zero-order valence-electron chi connectivity index (χ0n) is 16.7. The molecule has 1 atom stereocenters. The highest BCUT2D eigenvalue weighted by Gasteiger charge is 2.42. The summed E-state index contributed by atoms with van der Waals surface area (Å²) < 4.78 is 5.00. The lowest BCUT2D eigenvalue weighted by molar-refractivity contribution is -0.139. The van der Waals surface area contributed by atoms with Crippen LogP contribution in [0.2, 0.25) is 0 Å². The second kappa shape index (κ2) is 9.44. The summed E-state index contributed by atoms with van der Waals surface area (Å²) in [5.74, 6) is -0.523. The van der Waals surface area contributed by atoms with Gasteiger partial charge >= 0.3 is 5.97 Å². The number of ether oxygens (including phenoxy) is 1. The number of aliphatic imine (C=N–C) groups is 2. The van der Waals surface area contributed by atoms with Crippen molar-refractivity contribution < 1.29 is 19.1 Å². The summed E-state index contributed by atoms with van der Waals surface area (Å²) in [6.07, 6.45) is -0.0572. The van der Waals surface area contributed by atoms with Crippen molar-refractivity contribution in [3.8, 4) is 0 Å². The molecule has 1 unspecified atom stereocenters. The molecular weight excluding hydrogens is 436 g/mol. The van der Waals surface area contributed by atoms with Gasteiger partial charge in [0, 0.05) is 10.4 Å². The first-order chi connectivity index (χ1) is 15.1. The minimum absolute atomic E-state index is 0.0457. The molecule has 8 nitrogen and oxygen atoms in total. The number of para-hydroxylation sites is 1. The molecule has 2 aromatic rings. The van der Waals surface area contributed by atoms with Gasteiger partial charge in [-0.05, 0) is 30.5 Å². The second-order valence-electron chi connectivity index (χ2n) is 6.72. The smallest absolute Gasteiger partial charge is 0.316 e. The summed E-state index contributed by atoms with van der Waals surface area (Å²) in [6, 6.07) is 10.4. The number of carbonyl (C=O) groups is 3. The van der Waals surface area contributed by atoms with E-state index in [0.717, 1.165) is 10.4 Å². The van der Waals surface area contributed by atoms with Crippen molar-refractivity contribution in [1.82, 2.24) is 10.2 Å². The average Bonchev–Trinajstić information content (AvgIpc) is 3.39. The van der Waals surface area contributed by atoms with Crippen LogP contribution < -0.4 is 5.32 Å². The minimum Gasteiger partial charge on any atom is -0.465 e. The number of nitrogens with zero attached hydrogens (tertiary/aromatic N) is 3. The van der Waals surface area contributed by atoms with E-state index >= 15 is 0 Å². The average molecular weight is 457 g/mol. The number of hydrogen-bond acceptors (Lipinski definition) is 8. The molecule has 2 aliphatic heterocycles. The van der Waals surface area contributed by atoms with E-state index in [2.05, 4.69) is 15.3 Å². The quantitative estimate of drug-likeness (QED) is 0.643. The summed E-state index contributed by atoms with van der Waals surface area (Å²) in [4.78, 5) is 48.7. The molecule has 0 bridgehead atoms. The fourth-order valence-corrected chi connectivity index (χ4v) is 4.77. The molecule has 3 heterocycles. The van der Waals surface area contributed by atoms with Crippen LogP contribution in [-0.4, -0.2) is 52.1 Å². The van der Waals surface area contributed by atoms with E-state index in [1.54, 1.807) is 23.2 Å². The van der Waals surface area contributed by atoms with Crippen LogP contribution in [0.3, 0.4) is 0 Å². The Kier molecular flexibility index (Phi) is 6.47. The predicted molar refractivity (Wildman–Crippen MR) is 121 cm³/mol. The number of thioether (sulfide) groups is 1. The summed E-state index contributed by atoms with van der Waals surface area (Å²) in [5, 5.41) is 5.24. The molecule has 0 fully saturated rings. The van der Waals surface area contributed by atoms with Crippen LogP contribution in [-0.2, 0) is 25.7 Å². The molecular formula is C21H20N4O4S2. The molecule has 1 aromatic heterocycles. The van der Waals surface area contributed by atoms with Crippen molar-refractivity contribution in [1.29, 1.82) is 0 Å². The first-order valence-corrected chi connectivity index (χ1v) is 11.6. The lowest BCUT2D eigenvalue weighted by Gasteiger charge is -2.30. The van der Waals surface area contributed by atoms with Crippen LogP contribution >= 0.6 is 23.1 Å². The van der Waals surface area contributed by atoms with E-state index in [1.165, 1.54) is 11.8 Å². The van der Waals surface area contributed by atoms with Crippen molar-refractivity contribution in [2.75, 3.05) is 12.4 Å². The van der Waals surface area contributed by atoms with Crippen LogP contribution in [0.4, 0.5) is 5.69 Å². The molecule has 1 N–H and O–H groups in total. The van der Waals surface area contributed by atoms with Gasteiger partial charge in [0.25, 0.3) is 5.91 Å². The lowest BCUT2D eigenvalue weighted by atomic mass is 10.1. The van der Waals surface area contributed by atoms with Crippen molar-refractivity contribution in [2.24, 2.45) is 9.98 Å². The Morgan fingerprint density at radius 2 is 2.06 bits per heavy atom. The third-order valence-corrected chi connectivity index (χ3v) is 6.45. The number of benzene rings is 1. The zero-order chi connectivity index (χ0) is 21.8. The van der Waals surface area contributed by atoms with Crippen molar-refractivity contribution in [3.63, 3.8) is 0 Å². The molecule has 4 rings (SSSR count). The van der Waals surface area contributed by atoms with Gasteiger partial charge in [0.05, 0.1) is 31.0 Å². The molecule has 1 aromatic carbocycles. The van der Waals surface area contributed by atoms with E-state index in [-0.39, 0.29) is 30.7 Å². The molecule has 160 valence electrons. The van der Waals surface area contributed by atoms with E-state index < -0.39 is 11.9 Å². The van der Waals surface area contributed by atoms with Gasteiger partial charge < -0.3 is 10.1 Å². The maximum Gasteiger partial charge on any atom is 0.316 e. The molecule has 0 aliphatic carbocycles. The number of esters is 1. The standard InChI is InChI=1S/C21H20N4O4S2/c1-2-29-18(27)12-31-21-23-15-8-4-3-7-14(15)19-24-20(28)16(25(19)21)10-17(26)22-11-13-6-5-9-30-13/h3-9,16H,2,10-12H2,1H3,(H,22,26). The van der Waals surface area contributed by atoms with Gasteiger partial charge in [-0.1, -0.05) is 30.0 Å². The topological polar surface area (TPSA) is 100 Å². The summed E-state index contributed by atoms with van der Waals surface area (Å²) in [5.41, 5.74) is 1.39. The number of nitrogens with one attached hydrogen (secondary N) is 1. The highest BCUT2D eigenvalue weighted by atomic mass is 32.2. The SMILES string of the molecule is CCOC(=O)CSC1=Nc2ccccc2C2=NC(=O)C(CC(=O)NCc3cccs3)N12. The molecule has 31 heavy (non-hydrogen) atoms. The number of rotatable bonds is 7. The fraction of sp³-hybridized carbons (Fsp3) is 0.286. The molecule has 0 spiro atoms. The van der Waals surface area contributed by atoms with Crippen LogP contribution in [0.1, 0.15) is 23.8 Å². The van der Waals surface area contributed by atoms with Gasteiger partial charge in [0.2, 0.25) is 5.91 Å². The van der Waals surface area contributed by atoms with E-state index in [1.807, 2.05) is 41.8 Å². The van der Waals surface area contributed by atoms with Gasteiger partial charge in [-0.2, -0.15) is 4.99 Å². The third-order valence-electron chi connectivity index (χ3n) is 4.65. The predicted octanol–water partition coefficient (Wildman–Crippen LogP) is 2.71. The minimum atomic E-state index is -0.805. The van der Waals surface area contributed by atoms with E-state index in [0.29, 0.717) is 23.2 Å². The normalized spacial score (nSPS) is 16.9. The maximum atomic E-state index is 12.7. The van der Waals surface area contributed by atoms with Gasteiger partial charge in [-0.25, -0.2) is 4.99 Å². The Morgan fingerprint density at radius 3 is 2.84 bits per heavy atom. The lowest BCUT2D eigenvalue weighted by Crippen LogP contribution is -2.46.